The molecule has 2 rings (SSSR count). The van der Waals surface area contributed by atoms with Crippen molar-refractivity contribution >= 4 is 28.8 Å². The Morgan fingerprint density at radius 3 is 2.50 bits per heavy atom. The third kappa shape index (κ3) is 2.86. The van der Waals surface area contributed by atoms with Crippen molar-refractivity contribution in [1.82, 2.24) is 9.88 Å². The molecule has 1 unspecified atom stereocenters. The van der Waals surface area contributed by atoms with Crippen LogP contribution < -0.4 is 0 Å². The van der Waals surface area contributed by atoms with E-state index in [1.54, 1.807) is 0 Å². The summed E-state index contributed by atoms with van der Waals surface area (Å²) in [6, 6.07) is 0. The minimum atomic E-state index is 0.138. The Bertz CT molecular complexity index is 436. The average Bonchev–Trinajstić information content (AvgIpc) is 2.67. The number of hydrogen-bond donors (Lipinski definition) is 0. The minimum Gasteiger partial charge on any atom is -0.338 e. The molecule has 1 atom stereocenters. The summed E-state index contributed by atoms with van der Waals surface area (Å²) < 4.78 is 0. The number of halogens is 1. The molecular formula is C13H19ClN2OS. The molecule has 1 aliphatic rings. The highest BCUT2D eigenvalue weighted by atomic mass is 35.5. The zero-order valence-electron chi connectivity index (χ0n) is 11.1. The van der Waals surface area contributed by atoms with Crippen molar-refractivity contribution in [1.29, 1.82) is 0 Å². The van der Waals surface area contributed by atoms with Crippen LogP contribution in [0.15, 0.2) is 0 Å². The number of hydrogen-bond acceptors (Lipinski definition) is 3. The second-order valence-electron chi connectivity index (χ2n) is 4.95. The average molecular weight is 287 g/mol. The van der Waals surface area contributed by atoms with Gasteiger partial charge in [0.15, 0.2) is 0 Å². The van der Waals surface area contributed by atoms with E-state index in [9.17, 15) is 4.79 Å². The Hall–Kier alpha value is -0.610. The zero-order chi connectivity index (χ0) is 13.3. The Balaban J connectivity index is 2.02. The maximum absolute atomic E-state index is 12.4. The molecule has 5 heteroatoms. The van der Waals surface area contributed by atoms with Crippen LogP contribution in [0, 0.1) is 19.8 Å². The number of nitrogens with zero attached hydrogens (tertiary/aromatic N) is 2. The summed E-state index contributed by atoms with van der Waals surface area (Å²) in [7, 11) is 0. The van der Waals surface area contributed by atoms with Crippen LogP contribution in [-0.4, -0.2) is 34.3 Å². The first kappa shape index (κ1) is 13.8. The molecule has 1 saturated heterocycles. The number of carbonyl (C=O) groups is 1. The molecule has 0 bridgehead atoms. The Morgan fingerprint density at radius 1 is 1.44 bits per heavy atom. The molecular weight excluding hydrogens is 268 g/mol. The smallest absolute Gasteiger partial charge is 0.265 e. The van der Waals surface area contributed by atoms with E-state index in [0.29, 0.717) is 5.92 Å². The van der Waals surface area contributed by atoms with E-state index in [1.807, 2.05) is 25.7 Å². The number of likely N-dealkylation sites (tertiary alicyclic amines) is 1. The molecule has 1 aromatic heterocycles. The molecule has 3 nitrogen and oxygen atoms in total. The van der Waals surface area contributed by atoms with Crippen LogP contribution in [0.2, 0.25) is 0 Å². The van der Waals surface area contributed by atoms with Gasteiger partial charge in [-0.05, 0) is 39.5 Å². The van der Waals surface area contributed by atoms with E-state index in [0.717, 1.165) is 41.5 Å². The lowest BCUT2D eigenvalue weighted by Gasteiger charge is -2.32. The van der Waals surface area contributed by atoms with Gasteiger partial charge in [0.05, 0.1) is 10.7 Å². The van der Waals surface area contributed by atoms with Crippen molar-refractivity contribution in [2.75, 3.05) is 13.1 Å². The molecule has 1 aromatic rings. The topological polar surface area (TPSA) is 33.2 Å². The van der Waals surface area contributed by atoms with Gasteiger partial charge < -0.3 is 4.90 Å². The van der Waals surface area contributed by atoms with E-state index in [4.69, 9.17) is 11.6 Å². The lowest BCUT2D eigenvalue weighted by atomic mass is 9.94. The molecule has 0 N–H and O–H groups in total. The molecule has 1 fully saturated rings. The van der Waals surface area contributed by atoms with Crippen LogP contribution in [0.25, 0.3) is 0 Å². The van der Waals surface area contributed by atoms with Gasteiger partial charge in [-0.25, -0.2) is 4.98 Å². The molecule has 1 amide bonds. The van der Waals surface area contributed by atoms with Crippen molar-refractivity contribution in [3.63, 3.8) is 0 Å². The fourth-order valence-electron chi connectivity index (χ4n) is 2.44. The number of piperidine rings is 1. The van der Waals surface area contributed by atoms with Crippen LogP contribution in [0.3, 0.4) is 0 Å². The van der Waals surface area contributed by atoms with Gasteiger partial charge in [-0.3, -0.25) is 4.79 Å². The van der Waals surface area contributed by atoms with Crippen molar-refractivity contribution in [2.24, 2.45) is 5.92 Å². The van der Waals surface area contributed by atoms with Crippen LogP contribution in [0.5, 0.6) is 0 Å². The monoisotopic (exact) mass is 286 g/mol. The molecule has 2 heterocycles. The van der Waals surface area contributed by atoms with Gasteiger partial charge >= 0.3 is 0 Å². The fraction of sp³-hybridized carbons (Fsp3) is 0.692. The summed E-state index contributed by atoms with van der Waals surface area (Å²) in [6.07, 6.45) is 2.01. The Morgan fingerprint density at radius 2 is 2.06 bits per heavy atom. The normalized spacial score (nSPS) is 19.0. The number of aromatic nitrogens is 1. The van der Waals surface area contributed by atoms with E-state index in [-0.39, 0.29) is 11.3 Å². The number of aryl methyl sites for hydroxylation is 2. The fourth-order valence-corrected chi connectivity index (χ4v) is 3.57. The maximum Gasteiger partial charge on any atom is 0.265 e. The van der Waals surface area contributed by atoms with Crippen molar-refractivity contribution in [3.8, 4) is 0 Å². The zero-order valence-corrected chi connectivity index (χ0v) is 12.6. The van der Waals surface area contributed by atoms with Crippen LogP contribution in [-0.2, 0) is 0 Å². The molecule has 100 valence electrons. The lowest BCUT2D eigenvalue weighted by Crippen LogP contribution is -2.39. The van der Waals surface area contributed by atoms with Gasteiger partial charge in [0.2, 0.25) is 0 Å². The third-order valence-corrected chi connectivity index (χ3v) is 4.99. The second-order valence-corrected chi connectivity index (χ2v) is 6.85. The molecule has 1 aliphatic heterocycles. The largest absolute Gasteiger partial charge is 0.338 e. The van der Waals surface area contributed by atoms with Crippen LogP contribution in [0.4, 0.5) is 0 Å². The lowest BCUT2D eigenvalue weighted by molar-refractivity contribution is 0.0694. The first-order valence-electron chi connectivity index (χ1n) is 6.36. The summed E-state index contributed by atoms with van der Waals surface area (Å²) in [5.74, 6) is 0.679. The summed E-state index contributed by atoms with van der Waals surface area (Å²) in [5.41, 5.74) is 0.857. The molecule has 0 aromatic carbocycles. The van der Waals surface area contributed by atoms with Crippen LogP contribution in [0.1, 0.15) is 40.1 Å². The molecule has 18 heavy (non-hydrogen) atoms. The van der Waals surface area contributed by atoms with E-state index < -0.39 is 0 Å². The van der Waals surface area contributed by atoms with Gasteiger partial charge in [0, 0.05) is 18.5 Å². The first-order valence-corrected chi connectivity index (χ1v) is 7.61. The summed E-state index contributed by atoms with van der Waals surface area (Å²) in [4.78, 5) is 19.4. The summed E-state index contributed by atoms with van der Waals surface area (Å²) >= 11 is 7.61. The summed E-state index contributed by atoms with van der Waals surface area (Å²) in [5, 5.41) is 1.16. The van der Waals surface area contributed by atoms with Crippen molar-refractivity contribution in [3.05, 3.63) is 15.6 Å². The number of carbonyl (C=O) groups excluding carboxylic acids is 1. The molecule has 0 radical (unpaired) electrons. The number of thiazole rings is 1. The van der Waals surface area contributed by atoms with E-state index in [1.165, 1.54) is 11.3 Å². The number of rotatable bonds is 2. The van der Waals surface area contributed by atoms with E-state index in [2.05, 4.69) is 4.98 Å². The SMILES string of the molecule is Cc1nc(C)c(C(=O)N2CCC(C(C)Cl)CC2)s1. The first-order chi connectivity index (χ1) is 8.49. The number of amides is 1. The minimum absolute atomic E-state index is 0.138. The number of alkyl halides is 1. The Kier molecular flexibility index (Phi) is 4.28. The molecule has 0 aliphatic carbocycles. The van der Waals surface area contributed by atoms with Crippen LogP contribution >= 0.6 is 22.9 Å². The van der Waals surface area contributed by atoms with Gasteiger partial charge in [-0.2, -0.15) is 0 Å². The van der Waals surface area contributed by atoms with Crippen molar-refractivity contribution in [2.45, 2.75) is 39.0 Å². The predicted octanol–water partition coefficient (Wildman–Crippen LogP) is 3.24. The van der Waals surface area contributed by atoms with Gasteiger partial charge in [-0.1, -0.05) is 0 Å². The van der Waals surface area contributed by atoms with Crippen molar-refractivity contribution < 1.29 is 4.79 Å². The molecule has 0 saturated carbocycles. The highest BCUT2D eigenvalue weighted by Crippen LogP contribution is 2.26. The highest BCUT2D eigenvalue weighted by Gasteiger charge is 2.27. The molecule has 0 spiro atoms. The standard InChI is InChI=1S/C13H19ClN2OS/c1-8(14)11-4-6-16(7-5-11)13(17)12-9(2)15-10(3)18-12/h8,11H,4-7H2,1-3H3. The Labute approximate surface area is 117 Å². The maximum atomic E-state index is 12.4. The highest BCUT2D eigenvalue weighted by molar-refractivity contribution is 7.13. The van der Waals surface area contributed by atoms with Gasteiger partial charge in [0.1, 0.15) is 4.88 Å². The summed E-state index contributed by atoms with van der Waals surface area (Å²) in [6.45, 7) is 7.52. The van der Waals surface area contributed by atoms with E-state index >= 15 is 0 Å². The third-order valence-electron chi connectivity index (χ3n) is 3.57. The second kappa shape index (κ2) is 5.57. The van der Waals surface area contributed by atoms with Gasteiger partial charge in [-0.15, -0.1) is 22.9 Å². The predicted molar refractivity (Wildman–Crippen MR) is 75.5 cm³/mol. The van der Waals surface area contributed by atoms with Gasteiger partial charge in [0.25, 0.3) is 5.91 Å². The quantitative estimate of drug-likeness (QED) is 0.782.